The number of carbonyl (C=O) groups is 1. The second-order valence-electron chi connectivity index (χ2n) is 4.83. The van der Waals surface area contributed by atoms with Gasteiger partial charge in [0.15, 0.2) is 10.8 Å². The van der Waals surface area contributed by atoms with Crippen LogP contribution in [-0.4, -0.2) is 31.7 Å². The molecule has 0 fully saturated rings. The quantitative estimate of drug-likeness (QED) is 0.572. The van der Waals surface area contributed by atoms with Crippen LogP contribution in [-0.2, 0) is 11.3 Å². The highest BCUT2D eigenvalue weighted by atomic mass is 32.2. The fourth-order valence-electron chi connectivity index (χ4n) is 2.04. The number of nitrogens with one attached hydrogen (secondary N) is 1. The molecule has 0 unspecified atom stereocenters. The van der Waals surface area contributed by atoms with Crippen molar-refractivity contribution < 1.29 is 9.18 Å². The monoisotopic (exact) mass is 345 g/mol. The summed E-state index contributed by atoms with van der Waals surface area (Å²) in [5.74, 6) is -0.820. The summed E-state index contributed by atoms with van der Waals surface area (Å²) >= 11 is 1.34. The molecule has 0 bridgehead atoms. The van der Waals surface area contributed by atoms with Gasteiger partial charge in [0.2, 0.25) is 5.91 Å². The van der Waals surface area contributed by atoms with E-state index in [1.54, 1.807) is 0 Å². The molecule has 24 heavy (non-hydrogen) atoms. The smallest absolute Gasteiger partial charge is 0.264 e. The number of thioether (sulfide) groups is 1. The van der Waals surface area contributed by atoms with Crippen LogP contribution in [0.25, 0.3) is 11.0 Å². The first-order valence-electron chi connectivity index (χ1n) is 6.88. The third-order valence-corrected chi connectivity index (χ3v) is 3.74. The highest BCUT2D eigenvalue weighted by Gasteiger charge is 2.10. The van der Waals surface area contributed by atoms with E-state index < -0.39 is 17.3 Å². The highest BCUT2D eigenvalue weighted by Crippen LogP contribution is 2.11. The van der Waals surface area contributed by atoms with Gasteiger partial charge in [-0.3, -0.25) is 14.2 Å². The Kier molecular flexibility index (Phi) is 4.52. The van der Waals surface area contributed by atoms with Gasteiger partial charge in [-0.15, -0.1) is 0 Å². The molecule has 0 saturated carbocycles. The molecule has 3 aromatic rings. The van der Waals surface area contributed by atoms with Crippen molar-refractivity contribution in [1.82, 2.24) is 19.5 Å². The lowest BCUT2D eigenvalue weighted by atomic mass is 10.3. The zero-order chi connectivity index (χ0) is 17.1. The van der Waals surface area contributed by atoms with Crippen LogP contribution in [0.4, 0.5) is 10.1 Å². The normalized spacial score (nSPS) is 10.8. The van der Waals surface area contributed by atoms with Crippen LogP contribution >= 0.6 is 11.8 Å². The molecule has 9 heteroatoms. The first kappa shape index (κ1) is 16.1. The standard InChI is InChI=1S/C15H12FN5O2S/c1-24-15-17-6-11-13(20-15)18-8-21(14(11)23)7-12(22)19-10-4-2-9(16)3-5-10/h2-6,8H,7H2,1H3,(H,19,22). The van der Waals surface area contributed by atoms with Crippen LogP contribution in [0.15, 0.2) is 46.7 Å². The molecule has 7 nitrogen and oxygen atoms in total. The maximum absolute atomic E-state index is 12.8. The van der Waals surface area contributed by atoms with Crippen LogP contribution < -0.4 is 10.9 Å². The van der Waals surface area contributed by atoms with Crippen molar-refractivity contribution in [2.75, 3.05) is 11.6 Å². The van der Waals surface area contributed by atoms with Gasteiger partial charge in [0, 0.05) is 11.9 Å². The number of carbonyl (C=O) groups excluding carboxylic acids is 1. The number of fused-ring (bicyclic) bond motifs is 1. The summed E-state index contributed by atoms with van der Waals surface area (Å²) in [4.78, 5) is 36.7. The molecule has 0 atom stereocenters. The van der Waals surface area contributed by atoms with Crippen molar-refractivity contribution in [3.05, 3.63) is 53.0 Å². The van der Waals surface area contributed by atoms with E-state index in [1.165, 1.54) is 53.1 Å². The van der Waals surface area contributed by atoms with Crippen LogP contribution in [0.1, 0.15) is 0 Å². The predicted molar refractivity (Wildman–Crippen MR) is 88.4 cm³/mol. The Bertz CT molecular complexity index is 958. The van der Waals surface area contributed by atoms with Crippen LogP contribution in [0.5, 0.6) is 0 Å². The minimum atomic E-state index is -0.425. The van der Waals surface area contributed by atoms with Gasteiger partial charge in [-0.05, 0) is 30.5 Å². The fraction of sp³-hybridized carbons (Fsp3) is 0.133. The van der Waals surface area contributed by atoms with Crippen molar-refractivity contribution in [1.29, 1.82) is 0 Å². The summed E-state index contributed by atoms with van der Waals surface area (Å²) in [5.41, 5.74) is 0.326. The third-order valence-electron chi connectivity index (χ3n) is 3.18. The van der Waals surface area contributed by atoms with Gasteiger partial charge < -0.3 is 5.32 Å². The molecule has 0 saturated heterocycles. The lowest BCUT2D eigenvalue weighted by Gasteiger charge is -2.08. The van der Waals surface area contributed by atoms with E-state index in [9.17, 15) is 14.0 Å². The van der Waals surface area contributed by atoms with E-state index >= 15 is 0 Å². The van der Waals surface area contributed by atoms with Gasteiger partial charge in [0.25, 0.3) is 5.56 Å². The van der Waals surface area contributed by atoms with E-state index in [4.69, 9.17) is 0 Å². The zero-order valence-electron chi connectivity index (χ0n) is 12.6. The number of benzene rings is 1. The SMILES string of the molecule is CSc1ncc2c(=O)n(CC(=O)Nc3ccc(F)cc3)cnc2n1. The summed E-state index contributed by atoms with van der Waals surface area (Å²) in [7, 11) is 0. The number of aromatic nitrogens is 4. The van der Waals surface area contributed by atoms with Crippen molar-refractivity contribution in [2.24, 2.45) is 0 Å². The molecule has 0 aliphatic carbocycles. The fourth-order valence-corrected chi connectivity index (χ4v) is 2.37. The van der Waals surface area contributed by atoms with Crippen molar-refractivity contribution in [3.63, 3.8) is 0 Å². The molecular formula is C15H12FN5O2S. The summed E-state index contributed by atoms with van der Waals surface area (Å²) in [6, 6.07) is 5.35. The average Bonchev–Trinajstić information content (AvgIpc) is 2.59. The molecule has 1 aromatic carbocycles. The summed E-state index contributed by atoms with van der Waals surface area (Å²) in [5, 5.41) is 3.34. The molecule has 2 heterocycles. The molecule has 0 spiro atoms. The van der Waals surface area contributed by atoms with Crippen molar-refractivity contribution in [3.8, 4) is 0 Å². The molecule has 1 N–H and O–H groups in total. The maximum atomic E-state index is 12.8. The number of nitrogens with zero attached hydrogens (tertiary/aromatic N) is 4. The first-order chi connectivity index (χ1) is 11.6. The number of amides is 1. The number of rotatable bonds is 4. The molecule has 122 valence electrons. The van der Waals surface area contributed by atoms with Crippen LogP contribution in [0.3, 0.4) is 0 Å². The van der Waals surface area contributed by atoms with E-state index in [0.29, 0.717) is 10.8 Å². The van der Waals surface area contributed by atoms with Crippen molar-refractivity contribution >= 4 is 34.4 Å². The van der Waals surface area contributed by atoms with Gasteiger partial charge >= 0.3 is 0 Å². The molecule has 1 amide bonds. The van der Waals surface area contributed by atoms with Crippen LogP contribution in [0.2, 0.25) is 0 Å². The van der Waals surface area contributed by atoms with E-state index in [2.05, 4.69) is 20.3 Å². The lowest BCUT2D eigenvalue weighted by Crippen LogP contribution is -2.28. The van der Waals surface area contributed by atoms with Crippen LogP contribution in [0, 0.1) is 5.82 Å². The second-order valence-corrected chi connectivity index (χ2v) is 5.60. The minimum Gasteiger partial charge on any atom is -0.325 e. The zero-order valence-corrected chi connectivity index (χ0v) is 13.4. The molecular weight excluding hydrogens is 333 g/mol. The van der Waals surface area contributed by atoms with Crippen molar-refractivity contribution in [2.45, 2.75) is 11.7 Å². The molecule has 2 aromatic heterocycles. The Labute approximate surface area is 140 Å². The summed E-state index contributed by atoms with van der Waals surface area (Å²) in [6.07, 6.45) is 4.49. The molecule has 0 aliphatic heterocycles. The number of halogens is 1. The summed E-state index contributed by atoms with van der Waals surface area (Å²) in [6.45, 7) is -0.219. The Hall–Kier alpha value is -2.81. The topological polar surface area (TPSA) is 89.8 Å². The largest absolute Gasteiger partial charge is 0.325 e. The second kappa shape index (κ2) is 6.75. The highest BCUT2D eigenvalue weighted by molar-refractivity contribution is 7.98. The maximum Gasteiger partial charge on any atom is 0.264 e. The Morgan fingerprint density at radius 3 is 2.75 bits per heavy atom. The Balaban J connectivity index is 1.82. The summed E-state index contributed by atoms with van der Waals surface area (Å²) < 4.78 is 14.0. The Morgan fingerprint density at radius 2 is 2.04 bits per heavy atom. The first-order valence-corrected chi connectivity index (χ1v) is 8.11. The number of hydrogen-bond donors (Lipinski definition) is 1. The Morgan fingerprint density at radius 1 is 1.29 bits per heavy atom. The number of hydrogen-bond acceptors (Lipinski definition) is 6. The predicted octanol–water partition coefficient (Wildman–Crippen LogP) is 1.69. The minimum absolute atomic E-state index is 0.219. The van der Waals surface area contributed by atoms with E-state index in [-0.39, 0.29) is 17.6 Å². The van der Waals surface area contributed by atoms with Gasteiger partial charge in [0.05, 0.1) is 0 Å². The van der Waals surface area contributed by atoms with E-state index in [0.717, 1.165) is 0 Å². The molecule has 0 radical (unpaired) electrons. The van der Waals surface area contributed by atoms with Gasteiger partial charge in [-0.2, -0.15) is 0 Å². The lowest BCUT2D eigenvalue weighted by molar-refractivity contribution is -0.116. The van der Waals surface area contributed by atoms with E-state index in [1.807, 2.05) is 6.26 Å². The molecule has 0 aliphatic rings. The van der Waals surface area contributed by atoms with Gasteiger partial charge in [-0.25, -0.2) is 19.3 Å². The van der Waals surface area contributed by atoms with Gasteiger partial charge in [0.1, 0.15) is 24.1 Å². The molecule has 3 rings (SSSR count). The average molecular weight is 345 g/mol. The third kappa shape index (κ3) is 3.40. The van der Waals surface area contributed by atoms with Gasteiger partial charge in [-0.1, -0.05) is 11.8 Å². The number of anilines is 1.